The van der Waals surface area contributed by atoms with E-state index in [9.17, 15) is 9.18 Å². The van der Waals surface area contributed by atoms with Crippen molar-refractivity contribution in [3.8, 4) is 0 Å². The van der Waals surface area contributed by atoms with Crippen molar-refractivity contribution >= 4 is 17.8 Å². The predicted molar refractivity (Wildman–Crippen MR) is 74.9 cm³/mol. The fourth-order valence-corrected chi connectivity index (χ4v) is 1.97. The van der Waals surface area contributed by atoms with Gasteiger partial charge in [-0.2, -0.15) is 0 Å². The summed E-state index contributed by atoms with van der Waals surface area (Å²) in [5.74, 6) is -0.168. The monoisotopic (exact) mass is 266 g/mol. The molecule has 3 rings (SSSR count). The van der Waals surface area contributed by atoms with Gasteiger partial charge in [0.15, 0.2) is 0 Å². The number of cyclic esters (lactones) is 1. The van der Waals surface area contributed by atoms with Gasteiger partial charge >= 0.3 is 5.97 Å². The summed E-state index contributed by atoms with van der Waals surface area (Å²) in [7, 11) is 0. The van der Waals surface area contributed by atoms with E-state index in [0.717, 1.165) is 11.1 Å². The van der Waals surface area contributed by atoms with Crippen molar-refractivity contribution in [2.45, 2.75) is 0 Å². The number of rotatable bonds is 2. The highest BCUT2D eigenvalue weighted by Crippen LogP contribution is 2.27. The van der Waals surface area contributed by atoms with Crippen molar-refractivity contribution in [2.24, 2.45) is 0 Å². The topological polar surface area (TPSA) is 26.3 Å². The molecule has 1 aliphatic heterocycles. The van der Waals surface area contributed by atoms with Gasteiger partial charge in [0.2, 0.25) is 0 Å². The molecule has 0 saturated heterocycles. The van der Waals surface area contributed by atoms with E-state index in [1.165, 1.54) is 12.1 Å². The minimum Gasteiger partial charge on any atom is -0.422 e. The van der Waals surface area contributed by atoms with Crippen LogP contribution in [0, 0.1) is 5.82 Å². The van der Waals surface area contributed by atoms with Crippen molar-refractivity contribution in [3.63, 3.8) is 0 Å². The molecule has 2 aromatic rings. The first-order valence-corrected chi connectivity index (χ1v) is 6.19. The molecule has 0 aliphatic carbocycles. The van der Waals surface area contributed by atoms with E-state index in [1.807, 2.05) is 30.3 Å². The highest BCUT2D eigenvalue weighted by atomic mass is 19.1. The molecule has 0 radical (unpaired) electrons. The van der Waals surface area contributed by atoms with Gasteiger partial charge in [-0.3, -0.25) is 0 Å². The summed E-state index contributed by atoms with van der Waals surface area (Å²) < 4.78 is 18.1. The maximum absolute atomic E-state index is 12.8. The lowest BCUT2D eigenvalue weighted by Crippen LogP contribution is -1.97. The number of carbonyl (C=O) groups is 1. The Balaban J connectivity index is 1.92. The number of hydrogen-bond donors (Lipinski definition) is 0. The Labute approximate surface area is 115 Å². The lowest BCUT2D eigenvalue weighted by atomic mass is 10.1. The first-order chi connectivity index (χ1) is 9.72. The van der Waals surface area contributed by atoms with Crippen LogP contribution in [0.15, 0.2) is 66.2 Å². The van der Waals surface area contributed by atoms with Crippen LogP contribution < -0.4 is 0 Å². The van der Waals surface area contributed by atoms with Gasteiger partial charge in [-0.15, -0.1) is 0 Å². The fourth-order valence-electron chi connectivity index (χ4n) is 1.97. The molecule has 98 valence electrons. The fraction of sp³-hybridized carbons (Fsp3) is 0. The summed E-state index contributed by atoms with van der Waals surface area (Å²) in [5, 5.41) is 0. The van der Waals surface area contributed by atoms with Gasteiger partial charge in [0.05, 0.1) is 5.57 Å². The van der Waals surface area contributed by atoms with Gasteiger partial charge in [-0.1, -0.05) is 42.5 Å². The summed E-state index contributed by atoms with van der Waals surface area (Å²) in [5.41, 5.74) is 2.06. The van der Waals surface area contributed by atoms with Crippen molar-refractivity contribution in [3.05, 3.63) is 83.2 Å². The number of halogens is 1. The zero-order valence-corrected chi connectivity index (χ0v) is 10.5. The first-order valence-electron chi connectivity index (χ1n) is 6.19. The Kier molecular flexibility index (Phi) is 3.17. The third-order valence-corrected chi connectivity index (χ3v) is 2.98. The molecule has 0 atom stereocenters. The van der Waals surface area contributed by atoms with E-state index in [1.54, 1.807) is 24.3 Å². The lowest BCUT2D eigenvalue weighted by Gasteiger charge is -1.99. The van der Waals surface area contributed by atoms with E-state index in [2.05, 4.69) is 0 Å². The highest BCUT2D eigenvalue weighted by Gasteiger charge is 2.21. The minimum atomic E-state index is -0.395. The van der Waals surface area contributed by atoms with Crippen LogP contribution in [0.5, 0.6) is 0 Å². The largest absolute Gasteiger partial charge is 0.422 e. The molecular formula is C17H11FO2. The molecule has 2 nitrogen and oxygen atoms in total. The standard InChI is InChI=1S/C17H11FO2/c18-15-8-6-12(7-9-15)10-14-11-16(20-17(14)19)13-4-2-1-3-5-13/h1-11H/b14-10+. The van der Waals surface area contributed by atoms with Crippen molar-refractivity contribution in [1.29, 1.82) is 0 Å². The Hall–Kier alpha value is -2.68. The maximum Gasteiger partial charge on any atom is 0.343 e. The van der Waals surface area contributed by atoms with Crippen LogP contribution in [0.1, 0.15) is 11.1 Å². The van der Waals surface area contributed by atoms with E-state index in [-0.39, 0.29) is 5.82 Å². The molecule has 3 heteroatoms. The average Bonchev–Trinajstić information content (AvgIpc) is 2.84. The molecule has 1 heterocycles. The molecule has 0 N–H and O–H groups in total. The third-order valence-electron chi connectivity index (χ3n) is 2.98. The van der Waals surface area contributed by atoms with Gasteiger partial charge in [0.25, 0.3) is 0 Å². The molecule has 2 aromatic carbocycles. The Morgan fingerprint density at radius 2 is 1.65 bits per heavy atom. The summed E-state index contributed by atoms with van der Waals surface area (Å²) in [6.45, 7) is 0. The van der Waals surface area contributed by atoms with E-state index in [4.69, 9.17) is 4.74 Å². The summed E-state index contributed by atoms with van der Waals surface area (Å²) in [6.07, 6.45) is 3.37. The van der Waals surface area contributed by atoms with Crippen LogP contribution in [0.2, 0.25) is 0 Å². The molecule has 20 heavy (non-hydrogen) atoms. The Bertz CT molecular complexity index is 698. The van der Waals surface area contributed by atoms with Crippen LogP contribution in [-0.2, 0) is 9.53 Å². The van der Waals surface area contributed by atoms with Crippen LogP contribution in [0.25, 0.3) is 11.8 Å². The SMILES string of the molecule is O=C1OC(c2ccccc2)=C/C1=C\c1ccc(F)cc1. The van der Waals surface area contributed by atoms with E-state index in [0.29, 0.717) is 11.3 Å². The molecule has 0 amide bonds. The second-order valence-corrected chi connectivity index (χ2v) is 4.42. The van der Waals surface area contributed by atoms with Crippen LogP contribution in [0.4, 0.5) is 4.39 Å². The quantitative estimate of drug-likeness (QED) is 0.610. The minimum absolute atomic E-state index is 0.304. The summed E-state index contributed by atoms with van der Waals surface area (Å²) in [4.78, 5) is 11.8. The predicted octanol–water partition coefficient (Wildman–Crippen LogP) is 3.81. The van der Waals surface area contributed by atoms with Crippen molar-refractivity contribution in [1.82, 2.24) is 0 Å². The lowest BCUT2D eigenvalue weighted by molar-refractivity contribution is -0.130. The third kappa shape index (κ3) is 2.52. The van der Waals surface area contributed by atoms with Crippen molar-refractivity contribution < 1.29 is 13.9 Å². The molecule has 0 fully saturated rings. The zero-order chi connectivity index (χ0) is 13.9. The molecular weight excluding hydrogens is 255 g/mol. The van der Waals surface area contributed by atoms with Crippen LogP contribution in [0.3, 0.4) is 0 Å². The number of benzene rings is 2. The normalized spacial score (nSPS) is 16.1. The first kappa shape index (κ1) is 12.4. The molecule has 0 saturated carbocycles. The summed E-state index contributed by atoms with van der Waals surface area (Å²) in [6, 6.07) is 15.4. The van der Waals surface area contributed by atoms with Gasteiger partial charge in [0.1, 0.15) is 11.6 Å². The van der Waals surface area contributed by atoms with Crippen LogP contribution >= 0.6 is 0 Å². The number of hydrogen-bond acceptors (Lipinski definition) is 2. The van der Waals surface area contributed by atoms with Gasteiger partial charge in [-0.25, -0.2) is 9.18 Å². The van der Waals surface area contributed by atoms with Gasteiger partial charge in [-0.05, 0) is 29.8 Å². The number of esters is 1. The van der Waals surface area contributed by atoms with E-state index < -0.39 is 5.97 Å². The molecule has 0 aromatic heterocycles. The highest BCUT2D eigenvalue weighted by molar-refractivity contribution is 6.05. The molecule has 0 unspecified atom stereocenters. The second kappa shape index (κ2) is 5.13. The van der Waals surface area contributed by atoms with Gasteiger partial charge in [0, 0.05) is 5.56 Å². The number of ether oxygens (including phenoxy) is 1. The molecule has 0 spiro atoms. The molecule has 1 aliphatic rings. The second-order valence-electron chi connectivity index (χ2n) is 4.42. The Morgan fingerprint density at radius 3 is 2.35 bits per heavy atom. The number of carbonyl (C=O) groups excluding carboxylic acids is 1. The Morgan fingerprint density at radius 1 is 0.950 bits per heavy atom. The molecule has 0 bridgehead atoms. The zero-order valence-electron chi connectivity index (χ0n) is 10.5. The smallest absolute Gasteiger partial charge is 0.343 e. The summed E-state index contributed by atoms with van der Waals surface area (Å²) >= 11 is 0. The van der Waals surface area contributed by atoms with E-state index >= 15 is 0 Å². The maximum atomic E-state index is 12.8. The average molecular weight is 266 g/mol. The van der Waals surface area contributed by atoms with Crippen molar-refractivity contribution in [2.75, 3.05) is 0 Å². The van der Waals surface area contributed by atoms with Crippen LogP contribution in [-0.4, -0.2) is 5.97 Å². The van der Waals surface area contributed by atoms with Gasteiger partial charge < -0.3 is 4.74 Å².